The Bertz CT molecular complexity index is 1240. The molecule has 3 aromatic rings. The first-order valence-corrected chi connectivity index (χ1v) is 10.4. The zero-order chi connectivity index (χ0) is 23.0. The van der Waals surface area contributed by atoms with Gasteiger partial charge >= 0.3 is 11.9 Å². The minimum Gasteiger partial charge on any atom is -0.387 e. The van der Waals surface area contributed by atoms with Crippen molar-refractivity contribution in [2.75, 3.05) is 18.0 Å². The van der Waals surface area contributed by atoms with Gasteiger partial charge in [0.1, 0.15) is 17.0 Å². The van der Waals surface area contributed by atoms with E-state index < -0.39 is 22.8 Å². The number of alkyl halides is 3. The number of thiophene rings is 1. The van der Waals surface area contributed by atoms with Gasteiger partial charge in [0.25, 0.3) is 0 Å². The number of hydrogen-bond donors (Lipinski definition) is 1. The summed E-state index contributed by atoms with van der Waals surface area (Å²) in [5.41, 5.74) is 1.44. The minimum absolute atomic E-state index is 0.0730. The quantitative estimate of drug-likeness (QED) is 0.597. The van der Waals surface area contributed by atoms with Gasteiger partial charge in [0, 0.05) is 11.4 Å². The SMILES string of the molecule is Cc1cc(F)ccc1C1=CCN(c2ncn(Cc3ccc(C(F)(F)F)s3)c(=O)n2)CC1O. The number of anilines is 1. The van der Waals surface area contributed by atoms with Crippen molar-refractivity contribution < 1.29 is 22.7 Å². The molecule has 2 aromatic heterocycles. The molecule has 1 N–H and O–H groups in total. The third-order valence-corrected chi connectivity index (χ3v) is 6.20. The first-order valence-electron chi connectivity index (χ1n) is 9.61. The van der Waals surface area contributed by atoms with Crippen molar-refractivity contribution in [1.29, 1.82) is 0 Å². The van der Waals surface area contributed by atoms with Crippen LogP contribution in [-0.4, -0.2) is 38.8 Å². The fourth-order valence-corrected chi connectivity index (χ4v) is 4.40. The number of aliphatic hydroxyl groups excluding tert-OH is 1. The number of aliphatic hydroxyl groups is 1. The second-order valence-electron chi connectivity index (χ2n) is 7.37. The van der Waals surface area contributed by atoms with E-state index in [2.05, 4.69) is 9.97 Å². The molecule has 3 heterocycles. The normalized spacial score (nSPS) is 16.9. The van der Waals surface area contributed by atoms with Crippen LogP contribution in [0.25, 0.3) is 5.57 Å². The van der Waals surface area contributed by atoms with Crippen LogP contribution in [0.15, 0.2) is 47.5 Å². The van der Waals surface area contributed by atoms with Gasteiger partial charge in [-0.05, 0) is 47.9 Å². The fraction of sp³-hybridized carbons (Fsp3) is 0.286. The third kappa shape index (κ3) is 4.58. The van der Waals surface area contributed by atoms with Crippen LogP contribution in [0.1, 0.15) is 20.9 Å². The highest BCUT2D eigenvalue weighted by molar-refractivity contribution is 7.12. The molecule has 11 heteroatoms. The summed E-state index contributed by atoms with van der Waals surface area (Å²) in [6, 6.07) is 6.63. The molecule has 1 aliphatic heterocycles. The molecule has 0 bridgehead atoms. The number of rotatable bonds is 4. The molecule has 6 nitrogen and oxygen atoms in total. The largest absolute Gasteiger partial charge is 0.425 e. The zero-order valence-electron chi connectivity index (χ0n) is 16.8. The number of hydrogen-bond acceptors (Lipinski definition) is 6. The van der Waals surface area contributed by atoms with Crippen molar-refractivity contribution in [2.45, 2.75) is 25.7 Å². The van der Waals surface area contributed by atoms with Gasteiger partial charge in [-0.1, -0.05) is 12.1 Å². The summed E-state index contributed by atoms with van der Waals surface area (Å²) in [6.07, 6.45) is -2.32. The van der Waals surface area contributed by atoms with E-state index in [-0.39, 0.29) is 24.9 Å². The van der Waals surface area contributed by atoms with Gasteiger partial charge in [-0.25, -0.2) is 14.2 Å². The highest BCUT2D eigenvalue weighted by Gasteiger charge is 2.32. The molecule has 0 amide bonds. The summed E-state index contributed by atoms with van der Waals surface area (Å²) in [5.74, 6) is -0.247. The molecular weight excluding hydrogens is 448 g/mol. The Morgan fingerprint density at radius 1 is 1.25 bits per heavy atom. The van der Waals surface area contributed by atoms with Crippen LogP contribution >= 0.6 is 11.3 Å². The average molecular weight is 466 g/mol. The first-order chi connectivity index (χ1) is 15.1. The molecule has 1 atom stereocenters. The van der Waals surface area contributed by atoms with Gasteiger partial charge in [0.15, 0.2) is 0 Å². The highest BCUT2D eigenvalue weighted by Crippen LogP contribution is 2.34. The molecule has 32 heavy (non-hydrogen) atoms. The van der Waals surface area contributed by atoms with Gasteiger partial charge in [0.05, 0.1) is 19.2 Å². The highest BCUT2D eigenvalue weighted by atomic mass is 32.1. The maximum atomic E-state index is 13.4. The van der Waals surface area contributed by atoms with Gasteiger partial charge < -0.3 is 10.0 Å². The van der Waals surface area contributed by atoms with Crippen LogP contribution < -0.4 is 10.6 Å². The lowest BCUT2D eigenvalue weighted by Crippen LogP contribution is -2.40. The van der Waals surface area contributed by atoms with Crippen molar-refractivity contribution in [1.82, 2.24) is 14.5 Å². The van der Waals surface area contributed by atoms with E-state index >= 15 is 0 Å². The lowest BCUT2D eigenvalue weighted by molar-refractivity contribution is -0.134. The minimum atomic E-state index is -4.43. The zero-order valence-corrected chi connectivity index (χ0v) is 17.6. The smallest absolute Gasteiger partial charge is 0.387 e. The van der Waals surface area contributed by atoms with E-state index in [0.717, 1.165) is 16.2 Å². The number of aryl methyl sites for hydroxylation is 1. The summed E-state index contributed by atoms with van der Waals surface area (Å²) in [5, 5.41) is 10.6. The second kappa shape index (κ2) is 8.47. The second-order valence-corrected chi connectivity index (χ2v) is 8.54. The summed E-state index contributed by atoms with van der Waals surface area (Å²) in [4.78, 5) is 21.7. The first kappa shape index (κ1) is 22.2. The van der Waals surface area contributed by atoms with E-state index in [0.29, 0.717) is 33.9 Å². The van der Waals surface area contributed by atoms with Crippen LogP contribution in [-0.2, 0) is 12.7 Å². The van der Waals surface area contributed by atoms with Crippen LogP contribution in [0.5, 0.6) is 0 Å². The molecule has 0 fully saturated rings. The Kier molecular flexibility index (Phi) is 5.87. The summed E-state index contributed by atoms with van der Waals surface area (Å²) < 4.78 is 52.8. The molecule has 168 valence electrons. The standard InChI is InChI=1S/C21H18F4N4O2S/c1-12-8-13(22)2-4-15(12)16-6-7-28(10-17(16)30)19-26-11-29(20(31)27-19)9-14-3-5-18(32-14)21(23,24)25/h2-6,8,11,17,30H,7,9-10H2,1H3. The predicted molar refractivity (Wildman–Crippen MR) is 112 cm³/mol. The van der Waals surface area contributed by atoms with Crippen molar-refractivity contribution in [3.63, 3.8) is 0 Å². The van der Waals surface area contributed by atoms with E-state index in [1.54, 1.807) is 24.0 Å². The Labute approximate surface area is 184 Å². The summed E-state index contributed by atoms with van der Waals surface area (Å²) in [6.45, 7) is 2.14. The molecule has 0 saturated heterocycles. The summed E-state index contributed by atoms with van der Waals surface area (Å²) >= 11 is 0.561. The van der Waals surface area contributed by atoms with Gasteiger partial charge in [-0.15, -0.1) is 11.3 Å². The number of benzene rings is 1. The van der Waals surface area contributed by atoms with Crippen LogP contribution in [0, 0.1) is 12.7 Å². The number of aromatic nitrogens is 3. The van der Waals surface area contributed by atoms with E-state index in [4.69, 9.17) is 0 Å². The average Bonchev–Trinajstić information content (AvgIpc) is 3.19. The van der Waals surface area contributed by atoms with Gasteiger partial charge in [-0.2, -0.15) is 18.2 Å². The van der Waals surface area contributed by atoms with Crippen LogP contribution in [0.2, 0.25) is 0 Å². The molecule has 0 saturated carbocycles. The molecule has 0 spiro atoms. The number of halogens is 4. The lowest BCUT2D eigenvalue weighted by Gasteiger charge is -2.30. The predicted octanol–water partition coefficient (Wildman–Crippen LogP) is 3.48. The monoisotopic (exact) mass is 466 g/mol. The molecule has 1 unspecified atom stereocenters. The number of β-amino-alcohol motifs (C(OH)–C–C–N with tert-alkyl or cyclic N) is 1. The molecule has 4 rings (SSSR count). The Balaban J connectivity index is 1.50. The third-order valence-electron chi connectivity index (χ3n) is 5.09. The van der Waals surface area contributed by atoms with Crippen molar-refractivity contribution in [3.8, 4) is 0 Å². The van der Waals surface area contributed by atoms with E-state index in [1.807, 2.05) is 0 Å². The Morgan fingerprint density at radius 2 is 2.03 bits per heavy atom. The number of nitrogens with zero attached hydrogens (tertiary/aromatic N) is 4. The molecule has 0 radical (unpaired) electrons. The molecule has 1 aromatic carbocycles. The van der Waals surface area contributed by atoms with Gasteiger partial charge in [0.2, 0.25) is 5.95 Å². The van der Waals surface area contributed by atoms with Crippen molar-refractivity contribution >= 4 is 22.9 Å². The molecule has 1 aliphatic rings. The van der Waals surface area contributed by atoms with Crippen molar-refractivity contribution in [3.05, 3.63) is 79.9 Å². The van der Waals surface area contributed by atoms with E-state index in [9.17, 15) is 27.5 Å². The fourth-order valence-electron chi connectivity index (χ4n) is 3.52. The van der Waals surface area contributed by atoms with Crippen LogP contribution in [0.3, 0.4) is 0 Å². The van der Waals surface area contributed by atoms with Gasteiger partial charge in [-0.3, -0.25) is 4.57 Å². The molecule has 0 aliphatic carbocycles. The van der Waals surface area contributed by atoms with Crippen molar-refractivity contribution in [2.24, 2.45) is 0 Å². The maximum absolute atomic E-state index is 13.4. The maximum Gasteiger partial charge on any atom is 0.425 e. The van der Waals surface area contributed by atoms with E-state index in [1.165, 1.54) is 24.5 Å². The van der Waals surface area contributed by atoms with Crippen LogP contribution in [0.4, 0.5) is 23.5 Å². The Hall–Kier alpha value is -3.05. The molecular formula is C21H18F4N4O2S. The Morgan fingerprint density at radius 3 is 2.66 bits per heavy atom. The topological polar surface area (TPSA) is 71.2 Å². The summed E-state index contributed by atoms with van der Waals surface area (Å²) in [7, 11) is 0. The lowest BCUT2D eigenvalue weighted by atomic mass is 9.93.